The van der Waals surface area contributed by atoms with Gasteiger partial charge in [-0.25, -0.2) is 13.4 Å². The van der Waals surface area contributed by atoms with Crippen LogP contribution in [-0.4, -0.2) is 23.7 Å². The van der Waals surface area contributed by atoms with Crippen LogP contribution in [0.1, 0.15) is 43.2 Å². The highest BCUT2D eigenvalue weighted by Crippen LogP contribution is 2.32. The molecule has 36 heavy (non-hydrogen) atoms. The SMILES string of the molecule is O=S(=O)(c1ccc(-c2cnc(NC3CCCCC3)s2)cc1)N(Cc1ccccc1)Cc1ccccc1. The van der Waals surface area contributed by atoms with E-state index in [1.165, 1.54) is 32.1 Å². The summed E-state index contributed by atoms with van der Waals surface area (Å²) in [6, 6.07) is 27.1. The molecule has 7 heteroatoms. The first kappa shape index (κ1) is 24.7. The molecule has 3 aromatic carbocycles. The zero-order valence-corrected chi connectivity index (χ0v) is 21.8. The van der Waals surface area contributed by atoms with Crippen LogP contribution in [0.15, 0.2) is 96.0 Å². The molecule has 0 atom stereocenters. The van der Waals surface area contributed by atoms with E-state index in [-0.39, 0.29) is 0 Å². The number of sulfonamides is 1. The van der Waals surface area contributed by atoms with Crippen molar-refractivity contribution in [1.82, 2.24) is 9.29 Å². The Bertz CT molecular complexity index is 1310. The number of aromatic nitrogens is 1. The molecular formula is C29H31N3O2S2. The zero-order chi connectivity index (χ0) is 24.8. The molecule has 4 aromatic rings. The van der Waals surface area contributed by atoms with E-state index in [4.69, 9.17) is 0 Å². The summed E-state index contributed by atoms with van der Waals surface area (Å²) in [5, 5.41) is 4.51. The van der Waals surface area contributed by atoms with Gasteiger partial charge < -0.3 is 5.32 Å². The molecule has 1 heterocycles. The van der Waals surface area contributed by atoms with Gasteiger partial charge in [-0.3, -0.25) is 0 Å². The number of hydrogen-bond acceptors (Lipinski definition) is 5. The molecule has 5 nitrogen and oxygen atoms in total. The summed E-state index contributed by atoms with van der Waals surface area (Å²) in [5.41, 5.74) is 2.88. The van der Waals surface area contributed by atoms with Gasteiger partial charge in [0.05, 0.1) is 9.77 Å². The molecule has 1 saturated carbocycles. The topological polar surface area (TPSA) is 62.3 Å². The number of nitrogens with zero attached hydrogens (tertiary/aromatic N) is 2. The number of hydrogen-bond donors (Lipinski definition) is 1. The fourth-order valence-electron chi connectivity index (χ4n) is 4.64. The fourth-order valence-corrected chi connectivity index (χ4v) is 6.95. The minimum Gasteiger partial charge on any atom is -0.359 e. The molecule has 0 radical (unpaired) electrons. The Balaban J connectivity index is 1.35. The van der Waals surface area contributed by atoms with E-state index in [1.54, 1.807) is 27.8 Å². The van der Waals surface area contributed by atoms with Crippen molar-refractivity contribution in [3.05, 3.63) is 102 Å². The Morgan fingerprint density at radius 3 is 1.97 bits per heavy atom. The normalized spacial score (nSPS) is 14.7. The Hall–Kier alpha value is -3.00. The molecule has 186 valence electrons. The van der Waals surface area contributed by atoms with Crippen LogP contribution in [-0.2, 0) is 23.1 Å². The fraction of sp³-hybridized carbons (Fsp3) is 0.276. The first-order chi connectivity index (χ1) is 17.6. The minimum atomic E-state index is -3.70. The summed E-state index contributed by atoms with van der Waals surface area (Å²) in [4.78, 5) is 5.89. The van der Waals surface area contributed by atoms with Crippen LogP contribution >= 0.6 is 11.3 Å². The first-order valence-electron chi connectivity index (χ1n) is 12.5. The van der Waals surface area contributed by atoms with Crippen molar-refractivity contribution in [2.24, 2.45) is 0 Å². The second-order valence-corrected chi connectivity index (χ2v) is 12.2. The Kier molecular flexibility index (Phi) is 7.80. The van der Waals surface area contributed by atoms with Crippen molar-refractivity contribution in [3.8, 4) is 10.4 Å². The van der Waals surface area contributed by atoms with Gasteiger partial charge in [0, 0.05) is 25.3 Å². The Labute approximate surface area is 217 Å². The van der Waals surface area contributed by atoms with Gasteiger partial charge in [-0.15, -0.1) is 0 Å². The van der Waals surface area contributed by atoms with Crippen LogP contribution in [0.4, 0.5) is 5.13 Å². The van der Waals surface area contributed by atoms with Gasteiger partial charge in [0.1, 0.15) is 0 Å². The van der Waals surface area contributed by atoms with E-state index < -0.39 is 10.0 Å². The second-order valence-electron chi connectivity index (χ2n) is 9.28. The number of anilines is 1. The molecule has 1 aliphatic carbocycles. The summed E-state index contributed by atoms with van der Waals surface area (Å²) >= 11 is 1.62. The maximum absolute atomic E-state index is 13.7. The molecule has 1 aromatic heterocycles. The Morgan fingerprint density at radius 1 is 0.806 bits per heavy atom. The van der Waals surface area contributed by atoms with Gasteiger partial charge in [-0.2, -0.15) is 4.31 Å². The van der Waals surface area contributed by atoms with Crippen molar-refractivity contribution in [1.29, 1.82) is 0 Å². The average Bonchev–Trinajstić information content (AvgIpc) is 3.38. The van der Waals surface area contributed by atoms with Gasteiger partial charge in [0.15, 0.2) is 5.13 Å². The quantitative estimate of drug-likeness (QED) is 0.261. The molecule has 0 unspecified atom stereocenters. The molecule has 0 aliphatic heterocycles. The lowest BCUT2D eigenvalue weighted by Gasteiger charge is -2.23. The molecule has 1 N–H and O–H groups in total. The van der Waals surface area contributed by atoms with Gasteiger partial charge in [-0.1, -0.05) is 103 Å². The van der Waals surface area contributed by atoms with Crippen LogP contribution in [0.25, 0.3) is 10.4 Å². The Morgan fingerprint density at radius 2 is 1.39 bits per heavy atom. The lowest BCUT2D eigenvalue weighted by molar-refractivity contribution is 0.401. The predicted molar refractivity (Wildman–Crippen MR) is 147 cm³/mol. The van der Waals surface area contributed by atoms with Crippen molar-refractivity contribution in [2.75, 3.05) is 5.32 Å². The molecule has 0 saturated heterocycles. The summed E-state index contributed by atoms with van der Waals surface area (Å²) < 4.78 is 29.0. The maximum Gasteiger partial charge on any atom is 0.243 e. The van der Waals surface area contributed by atoms with Gasteiger partial charge >= 0.3 is 0 Å². The molecule has 0 bridgehead atoms. The first-order valence-corrected chi connectivity index (χ1v) is 14.7. The maximum atomic E-state index is 13.7. The highest BCUT2D eigenvalue weighted by Gasteiger charge is 2.25. The standard InChI is InChI=1S/C29H31N3O2S2/c33-36(34,32(21-23-10-4-1-5-11-23)22-24-12-6-2-7-13-24)27-18-16-25(17-19-27)28-20-30-29(35-28)31-26-14-8-3-9-15-26/h1-2,4-7,10-13,16-20,26H,3,8-9,14-15,21-22H2,(H,30,31). The molecule has 1 aliphatic rings. The van der Waals surface area contributed by atoms with Gasteiger partial charge in [0.2, 0.25) is 10.0 Å². The minimum absolute atomic E-state index is 0.295. The van der Waals surface area contributed by atoms with Gasteiger partial charge in [0.25, 0.3) is 0 Å². The van der Waals surface area contributed by atoms with Crippen LogP contribution in [0.2, 0.25) is 0 Å². The number of rotatable bonds is 9. The van der Waals surface area contributed by atoms with E-state index in [9.17, 15) is 8.42 Å². The third-order valence-electron chi connectivity index (χ3n) is 6.62. The smallest absolute Gasteiger partial charge is 0.243 e. The lowest BCUT2D eigenvalue weighted by atomic mass is 9.96. The predicted octanol–water partition coefficient (Wildman–Crippen LogP) is 6.95. The van der Waals surface area contributed by atoms with E-state index in [1.807, 2.05) is 79.0 Å². The monoisotopic (exact) mass is 517 g/mol. The van der Waals surface area contributed by atoms with Crippen molar-refractivity contribution >= 4 is 26.5 Å². The van der Waals surface area contributed by atoms with Crippen LogP contribution < -0.4 is 5.32 Å². The van der Waals surface area contributed by atoms with Crippen molar-refractivity contribution < 1.29 is 8.42 Å². The molecular weight excluding hydrogens is 486 g/mol. The number of thiazole rings is 1. The van der Waals surface area contributed by atoms with Crippen molar-refractivity contribution in [3.63, 3.8) is 0 Å². The number of benzene rings is 3. The van der Waals surface area contributed by atoms with E-state index in [0.29, 0.717) is 24.0 Å². The molecule has 1 fully saturated rings. The molecule has 5 rings (SSSR count). The second kappa shape index (κ2) is 11.4. The highest BCUT2D eigenvalue weighted by atomic mass is 32.2. The summed E-state index contributed by atoms with van der Waals surface area (Å²) in [6.07, 6.45) is 8.14. The lowest BCUT2D eigenvalue weighted by Crippen LogP contribution is -2.30. The van der Waals surface area contributed by atoms with Crippen molar-refractivity contribution in [2.45, 2.75) is 56.1 Å². The van der Waals surface area contributed by atoms with Crippen LogP contribution in [0.3, 0.4) is 0 Å². The van der Waals surface area contributed by atoms with E-state index in [2.05, 4.69) is 10.3 Å². The summed E-state index contributed by atoms with van der Waals surface area (Å²) in [5.74, 6) is 0. The number of nitrogens with one attached hydrogen (secondary N) is 1. The van der Waals surface area contributed by atoms with E-state index in [0.717, 1.165) is 26.7 Å². The largest absolute Gasteiger partial charge is 0.359 e. The highest BCUT2D eigenvalue weighted by molar-refractivity contribution is 7.89. The van der Waals surface area contributed by atoms with Crippen LogP contribution in [0, 0.1) is 0 Å². The molecule has 0 amide bonds. The summed E-state index contributed by atoms with van der Waals surface area (Å²) in [6.45, 7) is 0.621. The molecule has 0 spiro atoms. The van der Waals surface area contributed by atoms with Crippen LogP contribution in [0.5, 0.6) is 0 Å². The third-order valence-corrected chi connectivity index (χ3v) is 9.40. The third kappa shape index (κ3) is 6.03. The summed E-state index contributed by atoms with van der Waals surface area (Å²) in [7, 11) is -3.70. The van der Waals surface area contributed by atoms with E-state index >= 15 is 0 Å². The van der Waals surface area contributed by atoms with Gasteiger partial charge in [-0.05, 0) is 41.7 Å². The average molecular weight is 518 g/mol. The zero-order valence-electron chi connectivity index (χ0n) is 20.2.